The topological polar surface area (TPSA) is 63.2 Å². The molecule has 1 N–H and O–H groups in total. The van der Waals surface area contributed by atoms with Gasteiger partial charge < -0.3 is 5.32 Å². The average molecular weight is 442 g/mol. The summed E-state index contributed by atoms with van der Waals surface area (Å²) in [5.74, 6) is -1.70. The molecule has 0 radical (unpaired) electrons. The molecule has 0 aliphatic heterocycles. The molecule has 3 rings (SSSR count). The Morgan fingerprint density at radius 2 is 1.75 bits per heavy atom. The number of aryl methyl sites for hydroxylation is 3. The molecule has 2 atom stereocenters. The van der Waals surface area contributed by atoms with Crippen molar-refractivity contribution in [2.45, 2.75) is 46.1 Å². The summed E-state index contributed by atoms with van der Waals surface area (Å²) in [5.41, 5.74) is 4.82. The lowest BCUT2D eigenvalue weighted by molar-refractivity contribution is -0.128. The Morgan fingerprint density at radius 1 is 1.11 bits per heavy atom. The van der Waals surface area contributed by atoms with E-state index in [0.717, 1.165) is 32.3 Å². The molecule has 1 amide bonds. The van der Waals surface area contributed by atoms with Crippen molar-refractivity contribution in [1.29, 1.82) is 0 Å². The highest BCUT2D eigenvalue weighted by Crippen LogP contribution is 2.37. The van der Waals surface area contributed by atoms with Crippen LogP contribution in [0.3, 0.4) is 0 Å². The number of rotatable bonds is 5. The van der Waals surface area contributed by atoms with Crippen LogP contribution < -0.4 is 5.32 Å². The van der Waals surface area contributed by atoms with E-state index < -0.39 is 11.8 Å². The van der Waals surface area contributed by atoms with E-state index in [2.05, 4.69) is 21.2 Å². The minimum atomic E-state index is -0.735. The third kappa shape index (κ3) is 4.25. The van der Waals surface area contributed by atoms with Crippen molar-refractivity contribution in [2.24, 2.45) is 5.92 Å². The molecule has 1 saturated carbocycles. The van der Waals surface area contributed by atoms with Gasteiger partial charge in [-0.25, -0.2) is 0 Å². The van der Waals surface area contributed by atoms with Crippen LogP contribution in [-0.2, 0) is 20.9 Å². The van der Waals surface area contributed by atoms with Gasteiger partial charge in [-0.15, -0.1) is 0 Å². The number of hydrogen-bond donors (Lipinski definition) is 1. The van der Waals surface area contributed by atoms with E-state index in [1.807, 2.05) is 57.2 Å². The minimum absolute atomic E-state index is 0.0511. The number of halogens is 1. The van der Waals surface area contributed by atoms with Crippen molar-refractivity contribution in [1.82, 2.24) is 5.32 Å². The van der Waals surface area contributed by atoms with Crippen molar-refractivity contribution >= 4 is 33.4 Å². The molecule has 1 fully saturated rings. The van der Waals surface area contributed by atoms with Crippen molar-refractivity contribution in [3.8, 4) is 0 Å². The van der Waals surface area contributed by atoms with E-state index in [4.69, 9.17) is 0 Å². The molecule has 1 aliphatic carbocycles. The van der Waals surface area contributed by atoms with Gasteiger partial charge in [0.1, 0.15) is 11.7 Å². The van der Waals surface area contributed by atoms with Crippen molar-refractivity contribution in [2.75, 3.05) is 0 Å². The van der Waals surface area contributed by atoms with Crippen LogP contribution in [0.25, 0.3) is 0 Å². The first-order valence-corrected chi connectivity index (χ1v) is 10.2. The number of benzene rings is 2. The summed E-state index contributed by atoms with van der Waals surface area (Å²) in [5, 5.41) is 2.85. The van der Waals surface area contributed by atoms with E-state index in [0.29, 0.717) is 6.54 Å². The maximum atomic E-state index is 13.0. The molecule has 0 bridgehead atoms. The Kier molecular flexibility index (Phi) is 6.14. The van der Waals surface area contributed by atoms with Crippen molar-refractivity contribution in [3.05, 3.63) is 68.7 Å². The fraction of sp³-hybridized carbons (Fsp3) is 0.348. The number of Topliss-reactive ketones (excluding diaryl/α,β-unsaturated/α-hetero) is 2. The second-order valence-corrected chi connectivity index (χ2v) is 8.44. The van der Waals surface area contributed by atoms with Crippen LogP contribution in [0.2, 0.25) is 0 Å². The van der Waals surface area contributed by atoms with Gasteiger partial charge in [0.2, 0.25) is 5.91 Å². The van der Waals surface area contributed by atoms with E-state index in [1.165, 1.54) is 0 Å². The Hall–Kier alpha value is -2.27. The lowest BCUT2D eigenvalue weighted by Gasteiger charge is -2.16. The summed E-state index contributed by atoms with van der Waals surface area (Å²) in [7, 11) is 0. The lowest BCUT2D eigenvalue weighted by atomic mass is 9.86. The van der Waals surface area contributed by atoms with Crippen LogP contribution in [0.5, 0.6) is 0 Å². The third-order valence-corrected chi connectivity index (χ3v) is 6.12. The molecule has 5 heteroatoms. The number of nitrogens with one attached hydrogen (secondary N) is 1. The quantitative estimate of drug-likeness (QED) is 0.702. The van der Waals surface area contributed by atoms with Crippen LogP contribution >= 0.6 is 15.9 Å². The SMILES string of the molecule is Cc1cc(C)c(C2C(=O)CC(CC(=O)NCc3ccccc3Br)C2=O)c(C)c1. The van der Waals surface area contributed by atoms with Gasteiger partial charge >= 0.3 is 0 Å². The normalized spacial score (nSPS) is 19.1. The summed E-state index contributed by atoms with van der Waals surface area (Å²) < 4.78 is 0.924. The van der Waals surface area contributed by atoms with Gasteiger partial charge in [-0.2, -0.15) is 0 Å². The predicted octanol–water partition coefficient (Wildman–Crippen LogP) is 4.32. The van der Waals surface area contributed by atoms with Gasteiger partial charge in [-0.1, -0.05) is 51.8 Å². The minimum Gasteiger partial charge on any atom is -0.352 e. The molecule has 0 saturated heterocycles. The summed E-state index contributed by atoms with van der Waals surface area (Å²) >= 11 is 3.45. The van der Waals surface area contributed by atoms with Crippen molar-refractivity contribution in [3.63, 3.8) is 0 Å². The first-order chi connectivity index (χ1) is 13.3. The third-order valence-electron chi connectivity index (χ3n) is 5.35. The van der Waals surface area contributed by atoms with Gasteiger partial charge in [0.25, 0.3) is 0 Å². The molecule has 1 aliphatic rings. The summed E-state index contributed by atoms with van der Waals surface area (Å²) in [4.78, 5) is 38.0. The zero-order chi connectivity index (χ0) is 20.4. The van der Waals surface area contributed by atoms with Crippen LogP contribution in [-0.4, -0.2) is 17.5 Å². The molecule has 0 heterocycles. The van der Waals surface area contributed by atoms with Gasteiger partial charge in [0.15, 0.2) is 5.78 Å². The van der Waals surface area contributed by atoms with E-state index in [1.54, 1.807) is 0 Å². The number of ketones is 2. The fourth-order valence-electron chi connectivity index (χ4n) is 4.11. The Bertz CT molecular complexity index is 928. The van der Waals surface area contributed by atoms with Crippen LogP contribution in [0.4, 0.5) is 0 Å². The van der Waals surface area contributed by atoms with E-state index in [-0.39, 0.29) is 30.3 Å². The molecular formula is C23H24BrNO3. The fourth-order valence-corrected chi connectivity index (χ4v) is 4.53. The molecule has 2 aromatic carbocycles. The smallest absolute Gasteiger partial charge is 0.221 e. The van der Waals surface area contributed by atoms with Crippen LogP contribution in [0, 0.1) is 26.7 Å². The molecule has 146 valence electrons. The molecular weight excluding hydrogens is 418 g/mol. The van der Waals surface area contributed by atoms with E-state index >= 15 is 0 Å². The molecule has 0 aromatic heterocycles. The summed E-state index contributed by atoms with van der Waals surface area (Å²) in [6.45, 7) is 6.26. The highest BCUT2D eigenvalue weighted by atomic mass is 79.9. The number of carbonyl (C=O) groups excluding carboxylic acids is 3. The standard InChI is InChI=1S/C23H24BrNO3/c1-13-8-14(2)21(15(3)9-13)22-19(26)10-17(23(22)28)11-20(27)25-12-16-6-4-5-7-18(16)24/h4-9,17,22H,10-12H2,1-3H3,(H,25,27). The zero-order valence-corrected chi connectivity index (χ0v) is 17.9. The van der Waals surface area contributed by atoms with E-state index in [9.17, 15) is 14.4 Å². The summed E-state index contributed by atoms with van der Waals surface area (Å²) in [6, 6.07) is 11.7. The Morgan fingerprint density at radius 3 is 2.39 bits per heavy atom. The Labute approximate surface area is 173 Å². The molecule has 2 aromatic rings. The largest absolute Gasteiger partial charge is 0.352 e. The number of hydrogen-bond acceptors (Lipinski definition) is 3. The Balaban J connectivity index is 1.69. The molecule has 28 heavy (non-hydrogen) atoms. The van der Waals surface area contributed by atoms with Gasteiger partial charge in [0, 0.05) is 29.8 Å². The highest BCUT2D eigenvalue weighted by Gasteiger charge is 2.43. The maximum absolute atomic E-state index is 13.0. The average Bonchev–Trinajstić information content (AvgIpc) is 2.88. The lowest BCUT2D eigenvalue weighted by Crippen LogP contribution is -2.27. The first kappa shape index (κ1) is 20.5. The maximum Gasteiger partial charge on any atom is 0.221 e. The second kappa shape index (κ2) is 8.39. The van der Waals surface area contributed by atoms with Gasteiger partial charge in [-0.05, 0) is 49.1 Å². The second-order valence-electron chi connectivity index (χ2n) is 7.59. The number of carbonyl (C=O) groups is 3. The van der Waals surface area contributed by atoms with Crippen LogP contribution in [0.1, 0.15) is 46.6 Å². The molecule has 4 nitrogen and oxygen atoms in total. The number of amides is 1. The monoisotopic (exact) mass is 441 g/mol. The molecule has 2 unspecified atom stereocenters. The van der Waals surface area contributed by atoms with Crippen molar-refractivity contribution < 1.29 is 14.4 Å². The summed E-state index contributed by atoms with van der Waals surface area (Å²) in [6.07, 6.45) is 0.189. The van der Waals surface area contributed by atoms with Crippen LogP contribution in [0.15, 0.2) is 40.9 Å². The predicted molar refractivity (Wildman–Crippen MR) is 112 cm³/mol. The zero-order valence-electron chi connectivity index (χ0n) is 16.3. The van der Waals surface area contributed by atoms with Gasteiger partial charge in [-0.3, -0.25) is 14.4 Å². The highest BCUT2D eigenvalue weighted by molar-refractivity contribution is 9.10. The first-order valence-electron chi connectivity index (χ1n) is 9.42. The van der Waals surface area contributed by atoms with Gasteiger partial charge in [0.05, 0.1) is 0 Å². The molecule has 0 spiro atoms.